The Balaban J connectivity index is 1.50. The van der Waals surface area contributed by atoms with E-state index in [1.807, 2.05) is 46.6 Å². The lowest BCUT2D eigenvalue weighted by molar-refractivity contribution is 0.0911. The van der Waals surface area contributed by atoms with Crippen molar-refractivity contribution >= 4 is 17.2 Å². The summed E-state index contributed by atoms with van der Waals surface area (Å²) in [6, 6.07) is 14.5. The number of hydrogen-bond acceptors (Lipinski definition) is 4. The summed E-state index contributed by atoms with van der Waals surface area (Å²) in [7, 11) is 0. The smallest absolute Gasteiger partial charge is 0.255 e. The Morgan fingerprint density at radius 2 is 1.97 bits per heavy atom. The van der Waals surface area contributed by atoms with Crippen LogP contribution in [0.15, 0.2) is 54.0 Å². The van der Waals surface area contributed by atoms with Crippen LogP contribution in [-0.2, 0) is 6.54 Å². The second-order valence-corrected chi connectivity index (χ2v) is 8.59. The molecule has 29 heavy (non-hydrogen) atoms. The highest BCUT2D eigenvalue weighted by atomic mass is 32.1. The van der Waals surface area contributed by atoms with E-state index in [1.54, 1.807) is 11.3 Å². The summed E-state index contributed by atoms with van der Waals surface area (Å²) in [5.41, 5.74) is 2.61. The number of benzene rings is 1. The van der Waals surface area contributed by atoms with Crippen LogP contribution in [0.5, 0.6) is 0 Å². The molecule has 1 aliphatic rings. The maximum absolute atomic E-state index is 13.1. The summed E-state index contributed by atoms with van der Waals surface area (Å²) in [5, 5.41) is 10.0. The van der Waals surface area contributed by atoms with Crippen LogP contribution in [0, 0.1) is 0 Å². The fourth-order valence-electron chi connectivity index (χ4n) is 3.91. The van der Waals surface area contributed by atoms with Crippen molar-refractivity contribution in [3.8, 4) is 10.6 Å². The average molecular weight is 409 g/mol. The van der Waals surface area contributed by atoms with Crippen molar-refractivity contribution in [1.29, 1.82) is 0 Å². The number of amides is 1. The number of carbonyl (C=O) groups is 1. The van der Waals surface area contributed by atoms with Gasteiger partial charge in [0.1, 0.15) is 5.69 Å². The average Bonchev–Trinajstić information content (AvgIpc) is 3.40. The molecule has 0 unspecified atom stereocenters. The third-order valence-corrected chi connectivity index (χ3v) is 6.29. The molecule has 0 saturated carbocycles. The number of rotatable bonds is 7. The predicted molar refractivity (Wildman–Crippen MR) is 118 cm³/mol. The molecule has 3 heterocycles. The standard InChI is InChI=1S/C23H28N4OS/c1-2-12-26-13-10-19(11-14-26)24-23(28)20-17-27(16-18-7-4-3-5-8-18)25-22(20)21-9-6-15-29-21/h3-9,15,17,19H,2,10-14,16H2,1H3,(H,24,28). The minimum absolute atomic E-state index is 0.0124. The van der Waals surface area contributed by atoms with E-state index in [0.29, 0.717) is 12.1 Å². The second-order valence-electron chi connectivity index (χ2n) is 7.64. The van der Waals surface area contributed by atoms with Crippen molar-refractivity contribution in [3.63, 3.8) is 0 Å². The van der Waals surface area contributed by atoms with Gasteiger partial charge in [0.2, 0.25) is 0 Å². The van der Waals surface area contributed by atoms with E-state index in [-0.39, 0.29) is 11.9 Å². The van der Waals surface area contributed by atoms with E-state index < -0.39 is 0 Å². The highest BCUT2D eigenvalue weighted by Crippen LogP contribution is 2.27. The van der Waals surface area contributed by atoms with Gasteiger partial charge in [-0.1, -0.05) is 43.3 Å². The van der Waals surface area contributed by atoms with Crippen LogP contribution in [0.25, 0.3) is 10.6 Å². The molecule has 152 valence electrons. The molecule has 2 aromatic heterocycles. The largest absolute Gasteiger partial charge is 0.349 e. The van der Waals surface area contributed by atoms with Crippen molar-refractivity contribution in [1.82, 2.24) is 20.0 Å². The van der Waals surface area contributed by atoms with Gasteiger partial charge in [0.25, 0.3) is 5.91 Å². The van der Waals surface area contributed by atoms with Gasteiger partial charge in [-0.05, 0) is 42.8 Å². The monoisotopic (exact) mass is 408 g/mol. The van der Waals surface area contributed by atoms with Gasteiger partial charge in [-0.25, -0.2) is 0 Å². The van der Waals surface area contributed by atoms with Crippen LogP contribution in [0.4, 0.5) is 0 Å². The van der Waals surface area contributed by atoms with Crippen LogP contribution in [0.1, 0.15) is 42.1 Å². The van der Waals surface area contributed by atoms with Gasteiger partial charge in [0.05, 0.1) is 17.0 Å². The lowest BCUT2D eigenvalue weighted by atomic mass is 10.0. The van der Waals surface area contributed by atoms with E-state index in [2.05, 4.69) is 29.3 Å². The van der Waals surface area contributed by atoms with Gasteiger partial charge in [-0.15, -0.1) is 11.3 Å². The molecular weight excluding hydrogens is 380 g/mol. The minimum atomic E-state index is -0.0124. The first kappa shape index (κ1) is 19.9. The molecule has 0 bridgehead atoms. The predicted octanol–water partition coefficient (Wildman–Crippen LogP) is 4.26. The summed E-state index contributed by atoms with van der Waals surface area (Å²) >= 11 is 1.62. The van der Waals surface area contributed by atoms with Gasteiger partial charge in [0, 0.05) is 25.3 Å². The topological polar surface area (TPSA) is 50.2 Å². The molecule has 1 aromatic carbocycles. The van der Waals surface area contributed by atoms with Gasteiger partial charge < -0.3 is 10.2 Å². The molecule has 6 heteroatoms. The molecule has 0 atom stereocenters. The van der Waals surface area contributed by atoms with Crippen molar-refractivity contribution in [2.45, 2.75) is 38.8 Å². The number of carbonyl (C=O) groups excluding carboxylic acids is 1. The molecule has 1 saturated heterocycles. The quantitative estimate of drug-likeness (QED) is 0.635. The minimum Gasteiger partial charge on any atom is -0.349 e. The Hall–Kier alpha value is -2.44. The molecule has 5 nitrogen and oxygen atoms in total. The maximum atomic E-state index is 13.1. The molecule has 3 aromatic rings. The fraction of sp³-hybridized carbons (Fsp3) is 0.391. The Kier molecular flexibility index (Phi) is 6.42. The number of piperidine rings is 1. The summed E-state index contributed by atoms with van der Waals surface area (Å²) in [4.78, 5) is 16.6. The van der Waals surface area contributed by atoms with Crippen molar-refractivity contribution in [3.05, 3.63) is 65.2 Å². The molecule has 1 N–H and O–H groups in total. The summed E-state index contributed by atoms with van der Waals surface area (Å²) in [6.07, 6.45) is 5.10. The number of nitrogens with zero attached hydrogens (tertiary/aromatic N) is 3. The number of likely N-dealkylation sites (tertiary alicyclic amines) is 1. The molecule has 0 aliphatic carbocycles. The second kappa shape index (κ2) is 9.37. The Labute approximate surface area is 176 Å². The third-order valence-electron chi connectivity index (χ3n) is 5.41. The number of aromatic nitrogens is 2. The lowest BCUT2D eigenvalue weighted by Crippen LogP contribution is -2.44. The SMILES string of the molecule is CCCN1CCC(NC(=O)c2cn(Cc3ccccc3)nc2-c2cccs2)CC1. The van der Waals surface area contributed by atoms with E-state index >= 15 is 0 Å². The van der Waals surface area contributed by atoms with Gasteiger partial charge in [-0.3, -0.25) is 9.48 Å². The summed E-state index contributed by atoms with van der Waals surface area (Å²) < 4.78 is 1.88. The number of hydrogen-bond donors (Lipinski definition) is 1. The van der Waals surface area contributed by atoms with Gasteiger partial charge in [-0.2, -0.15) is 5.10 Å². The van der Waals surface area contributed by atoms with Crippen LogP contribution in [0.2, 0.25) is 0 Å². The van der Waals surface area contributed by atoms with E-state index in [0.717, 1.165) is 43.0 Å². The molecule has 0 spiro atoms. The number of thiophene rings is 1. The zero-order valence-corrected chi connectivity index (χ0v) is 17.7. The molecule has 1 fully saturated rings. The Morgan fingerprint density at radius 1 is 1.17 bits per heavy atom. The molecule has 1 amide bonds. The first-order chi connectivity index (χ1) is 14.2. The van der Waals surface area contributed by atoms with E-state index in [1.165, 1.54) is 12.0 Å². The van der Waals surface area contributed by atoms with E-state index in [9.17, 15) is 4.79 Å². The van der Waals surface area contributed by atoms with Gasteiger partial charge in [0.15, 0.2) is 0 Å². The first-order valence-corrected chi connectivity index (χ1v) is 11.3. The summed E-state index contributed by atoms with van der Waals surface area (Å²) in [6.45, 7) is 6.14. The molecule has 0 radical (unpaired) electrons. The van der Waals surface area contributed by atoms with E-state index in [4.69, 9.17) is 5.10 Å². The van der Waals surface area contributed by atoms with Crippen molar-refractivity contribution < 1.29 is 4.79 Å². The highest BCUT2D eigenvalue weighted by molar-refractivity contribution is 7.13. The Morgan fingerprint density at radius 3 is 2.66 bits per heavy atom. The third kappa shape index (κ3) is 4.95. The highest BCUT2D eigenvalue weighted by Gasteiger charge is 2.24. The van der Waals surface area contributed by atoms with Crippen LogP contribution >= 0.6 is 11.3 Å². The zero-order valence-electron chi connectivity index (χ0n) is 16.9. The van der Waals surface area contributed by atoms with Crippen molar-refractivity contribution in [2.24, 2.45) is 0 Å². The fourth-order valence-corrected chi connectivity index (χ4v) is 4.64. The Bertz CT molecular complexity index is 912. The molecule has 4 rings (SSSR count). The first-order valence-electron chi connectivity index (χ1n) is 10.4. The van der Waals surface area contributed by atoms with Crippen LogP contribution in [0.3, 0.4) is 0 Å². The number of nitrogens with one attached hydrogen (secondary N) is 1. The molecule has 1 aliphatic heterocycles. The van der Waals surface area contributed by atoms with Gasteiger partial charge >= 0.3 is 0 Å². The maximum Gasteiger partial charge on any atom is 0.255 e. The molecular formula is C23H28N4OS. The lowest BCUT2D eigenvalue weighted by Gasteiger charge is -2.32. The summed E-state index contributed by atoms with van der Waals surface area (Å²) in [5.74, 6) is -0.0124. The van der Waals surface area contributed by atoms with Crippen LogP contribution < -0.4 is 5.32 Å². The normalized spacial score (nSPS) is 15.5. The van der Waals surface area contributed by atoms with Crippen molar-refractivity contribution in [2.75, 3.05) is 19.6 Å². The zero-order chi connectivity index (χ0) is 20.1. The van der Waals surface area contributed by atoms with Crippen LogP contribution in [-0.4, -0.2) is 46.3 Å².